The second-order valence-electron chi connectivity index (χ2n) is 5.11. The van der Waals surface area contributed by atoms with Gasteiger partial charge in [0.2, 0.25) is 5.91 Å². The maximum Gasteiger partial charge on any atom is 0.416 e. The number of nitrogens with zero attached hydrogens (tertiary/aromatic N) is 1. The van der Waals surface area contributed by atoms with E-state index in [4.69, 9.17) is 0 Å². The minimum Gasteiger partial charge on any atom is -0.341 e. The van der Waals surface area contributed by atoms with Crippen molar-refractivity contribution in [2.75, 3.05) is 11.4 Å². The summed E-state index contributed by atoms with van der Waals surface area (Å²) in [4.78, 5) is 24.9. The minimum atomic E-state index is -4.43. The quantitative estimate of drug-likeness (QED) is 0.857. The second-order valence-corrected chi connectivity index (χ2v) is 5.11. The van der Waals surface area contributed by atoms with Gasteiger partial charge in [-0.05, 0) is 38.1 Å². The van der Waals surface area contributed by atoms with Crippen LogP contribution in [0.4, 0.5) is 18.9 Å². The van der Waals surface area contributed by atoms with Crippen LogP contribution < -0.4 is 10.2 Å². The van der Waals surface area contributed by atoms with Gasteiger partial charge in [0.05, 0.1) is 5.56 Å². The number of nitrogens with one attached hydrogen (secondary N) is 1. The van der Waals surface area contributed by atoms with Crippen LogP contribution in [0, 0.1) is 0 Å². The average Bonchev–Trinajstić information content (AvgIpc) is 2.32. The molecule has 20 heavy (non-hydrogen) atoms. The van der Waals surface area contributed by atoms with E-state index in [2.05, 4.69) is 5.32 Å². The first-order valence-corrected chi connectivity index (χ1v) is 5.91. The Morgan fingerprint density at radius 1 is 1.15 bits per heavy atom. The molecule has 1 aromatic carbocycles. The number of benzene rings is 1. The normalized spacial score (nSPS) is 18.9. The molecule has 1 aliphatic rings. The maximum atomic E-state index is 12.5. The summed E-state index contributed by atoms with van der Waals surface area (Å²) in [5.41, 5.74) is -1.60. The number of alkyl halides is 3. The monoisotopic (exact) mass is 286 g/mol. The lowest BCUT2D eigenvalue weighted by atomic mass is 10.00. The number of rotatable bonds is 1. The third-order valence-electron chi connectivity index (χ3n) is 3.04. The van der Waals surface area contributed by atoms with Crippen molar-refractivity contribution in [3.63, 3.8) is 0 Å². The Morgan fingerprint density at radius 2 is 1.70 bits per heavy atom. The molecule has 1 aromatic rings. The smallest absolute Gasteiger partial charge is 0.341 e. The molecule has 1 N–H and O–H groups in total. The fourth-order valence-corrected chi connectivity index (χ4v) is 2.03. The molecule has 0 aromatic heterocycles. The highest BCUT2D eigenvalue weighted by atomic mass is 19.4. The molecule has 0 bridgehead atoms. The van der Waals surface area contributed by atoms with Gasteiger partial charge in [-0.2, -0.15) is 13.2 Å². The number of hydrogen-bond donors (Lipinski definition) is 1. The number of piperazine rings is 1. The fraction of sp³-hybridized carbons (Fsp3) is 0.385. The summed E-state index contributed by atoms with van der Waals surface area (Å²) in [6.07, 6.45) is -4.43. The molecule has 2 amide bonds. The standard InChI is InChI=1S/C13H13F3N2O2/c1-12(2)11(20)18(7-10(19)17-12)9-5-3-8(4-6-9)13(14,15)16/h3-6H,7H2,1-2H3,(H,17,19). The topological polar surface area (TPSA) is 49.4 Å². The van der Waals surface area contributed by atoms with Crippen molar-refractivity contribution in [1.29, 1.82) is 0 Å². The Hall–Kier alpha value is -2.05. The van der Waals surface area contributed by atoms with Crippen molar-refractivity contribution in [3.05, 3.63) is 29.8 Å². The maximum absolute atomic E-state index is 12.5. The van der Waals surface area contributed by atoms with E-state index in [0.29, 0.717) is 0 Å². The van der Waals surface area contributed by atoms with Crippen molar-refractivity contribution in [2.45, 2.75) is 25.6 Å². The van der Waals surface area contributed by atoms with E-state index in [1.807, 2.05) is 0 Å². The largest absolute Gasteiger partial charge is 0.416 e. The third-order valence-corrected chi connectivity index (χ3v) is 3.04. The van der Waals surface area contributed by atoms with E-state index < -0.39 is 17.3 Å². The van der Waals surface area contributed by atoms with Crippen molar-refractivity contribution < 1.29 is 22.8 Å². The Balaban J connectivity index is 2.31. The predicted molar refractivity (Wildman–Crippen MR) is 66.0 cm³/mol. The number of carbonyl (C=O) groups excluding carboxylic acids is 2. The highest BCUT2D eigenvalue weighted by Gasteiger charge is 2.40. The van der Waals surface area contributed by atoms with E-state index in [1.54, 1.807) is 13.8 Å². The Labute approximate surface area is 113 Å². The van der Waals surface area contributed by atoms with Gasteiger partial charge < -0.3 is 10.2 Å². The van der Waals surface area contributed by atoms with Crippen LogP contribution in [0.3, 0.4) is 0 Å². The predicted octanol–water partition coefficient (Wildman–Crippen LogP) is 1.95. The van der Waals surface area contributed by atoms with Crippen molar-refractivity contribution >= 4 is 17.5 Å². The fourth-order valence-electron chi connectivity index (χ4n) is 2.03. The number of halogens is 3. The molecular formula is C13H13F3N2O2. The summed E-state index contributed by atoms with van der Waals surface area (Å²) in [7, 11) is 0. The molecule has 0 radical (unpaired) electrons. The molecule has 1 aliphatic heterocycles. The molecule has 1 saturated heterocycles. The van der Waals surface area contributed by atoms with Gasteiger partial charge in [0.1, 0.15) is 12.1 Å². The second kappa shape index (κ2) is 4.50. The first kappa shape index (κ1) is 14.4. The molecule has 4 nitrogen and oxygen atoms in total. The summed E-state index contributed by atoms with van der Waals surface area (Å²) < 4.78 is 37.4. The van der Waals surface area contributed by atoms with Crippen LogP contribution in [0.5, 0.6) is 0 Å². The molecule has 108 valence electrons. The third kappa shape index (κ3) is 2.61. The average molecular weight is 286 g/mol. The lowest BCUT2D eigenvalue weighted by Crippen LogP contribution is -2.64. The number of hydrogen-bond acceptors (Lipinski definition) is 2. The van der Waals surface area contributed by atoms with Crippen LogP contribution in [0.15, 0.2) is 24.3 Å². The van der Waals surface area contributed by atoms with Crippen molar-refractivity contribution in [1.82, 2.24) is 5.32 Å². The van der Waals surface area contributed by atoms with E-state index in [-0.39, 0.29) is 24.0 Å². The van der Waals surface area contributed by atoms with Crippen molar-refractivity contribution in [2.24, 2.45) is 0 Å². The molecular weight excluding hydrogens is 273 g/mol. The van der Waals surface area contributed by atoms with Gasteiger partial charge in [-0.25, -0.2) is 0 Å². The molecule has 0 unspecified atom stereocenters. The Morgan fingerprint density at radius 3 is 2.20 bits per heavy atom. The summed E-state index contributed by atoms with van der Waals surface area (Å²) in [6, 6.07) is 4.16. The molecule has 0 saturated carbocycles. The first-order chi connectivity index (χ1) is 9.11. The zero-order valence-corrected chi connectivity index (χ0v) is 10.9. The van der Waals surface area contributed by atoms with Gasteiger partial charge in [0, 0.05) is 5.69 Å². The van der Waals surface area contributed by atoms with Crippen molar-refractivity contribution in [3.8, 4) is 0 Å². The summed E-state index contributed by atoms with van der Waals surface area (Å²) >= 11 is 0. The van der Waals surface area contributed by atoms with Gasteiger partial charge in [0.25, 0.3) is 5.91 Å². The van der Waals surface area contributed by atoms with Gasteiger partial charge in [-0.3, -0.25) is 9.59 Å². The first-order valence-electron chi connectivity index (χ1n) is 5.91. The Kier molecular flexibility index (Phi) is 3.23. The van der Waals surface area contributed by atoms with Gasteiger partial charge in [-0.15, -0.1) is 0 Å². The number of amides is 2. The van der Waals surface area contributed by atoms with Crippen LogP contribution in [0.2, 0.25) is 0 Å². The SMILES string of the molecule is CC1(C)NC(=O)CN(c2ccc(C(F)(F)F)cc2)C1=O. The number of carbonyl (C=O) groups is 2. The molecule has 0 spiro atoms. The molecule has 7 heteroatoms. The van der Waals surface area contributed by atoms with Gasteiger partial charge in [0.15, 0.2) is 0 Å². The zero-order chi connectivity index (χ0) is 15.1. The minimum absolute atomic E-state index is 0.201. The highest BCUT2D eigenvalue weighted by Crippen LogP contribution is 2.31. The Bertz CT molecular complexity index is 550. The zero-order valence-electron chi connectivity index (χ0n) is 10.9. The van der Waals surface area contributed by atoms with Crippen LogP contribution in [0.1, 0.15) is 19.4 Å². The summed E-state index contributed by atoms with van der Waals surface area (Å²) in [6.45, 7) is 2.89. The highest BCUT2D eigenvalue weighted by molar-refractivity contribution is 6.08. The van der Waals surface area contributed by atoms with Gasteiger partial charge >= 0.3 is 6.18 Å². The number of anilines is 1. The van der Waals surface area contributed by atoms with Gasteiger partial charge in [-0.1, -0.05) is 0 Å². The van der Waals surface area contributed by atoms with Crippen LogP contribution in [-0.2, 0) is 15.8 Å². The van der Waals surface area contributed by atoms with E-state index >= 15 is 0 Å². The van der Waals surface area contributed by atoms with Crippen LogP contribution >= 0.6 is 0 Å². The van der Waals surface area contributed by atoms with E-state index in [1.165, 1.54) is 17.0 Å². The summed E-state index contributed by atoms with van der Waals surface area (Å²) in [5, 5.41) is 2.53. The molecule has 1 fully saturated rings. The lowest BCUT2D eigenvalue weighted by molar-refractivity contribution is -0.137. The molecule has 0 aliphatic carbocycles. The van der Waals surface area contributed by atoms with Crippen LogP contribution in [-0.4, -0.2) is 23.9 Å². The van der Waals surface area contributed by atoms with E-state index in [9.17, 15) is 22.8 Å². The molecule has 2 rings (SSSR count). The van der Waals surface area contributed by atoms with E-state index in [0.717, 1.165) is 12.1 Å². The molecule has 0 atom stereocenters. The molecule has 1 heterocycles. The summed E-state index contributed by atoms with van der Waals surface area (Å²) in [5.74, 6) is -0.716. The lowest BCUT2D eigenvalue weighted by Gasteiger charge is -2.37. The van der Waals surface area contributed by atoms with Crippen LogP contribution in [0.25, 0.3) is 0 Å².